The van der Waals surface area contributed by atoms with Crippen LogP contribution in [-0.4, -0.2) is 25.1 Å². The third-order valence-electron chi connectivity index (χ3n) is 3.09. The van der Waals surface area contributed by atoms with E-state index in [1.54, 1.807) is 0 Å². The SMILES string of the molecule is NCC(Cc1ccccc1)NC(=O)COc1ccccc1. The van der Waals surface area contributed by atoms with E-state index in [4.69, 9.17) is 10.5 Å². The van der Waals surface area contributed by atoms with E-state index in [9.17, 15) is 4.79 Å². The number of carbonyl (C=O) groups is 1. The summed E-state index contributed by atoms with van der Waals surface area (Å²) in [7, 11) is 0. The highest BCUT2D eigenvalue weighted by Crippen LogP contribution is 2.08. The van der Waals surface area contributed by atoms with E-state index in [0.717, 1.165) is 5.56 Å². The van der Waals surface area contributed by atoms with Gasteiger partial charge in [-0.1, -0.05) is 48.5 Å². The molecule has 0 fully saturated rings. The minimum atomic E-state index is -0.162. The summed E-state index contributed by atoms with van der Waals surface area (Å²) in [6.07, 6.45) is 0.717. The van der Waals surface area contributed by atoms with E-state index in [1.807, 2.05) is 60.7 Å². The van der Waals surface area contributed by atoms with E-state index in [2.05, 4.69) is 5.32 Å². The molecule has 1 amide bonds. The summed E-state index contributed by atoms with van der Waals surface area (Å²) in [4.78, 5) is 11.9. The summed E-state index contributed by atoms with van der Waals surface area (Å²) in [5, 5.41) is 2.90. The van der Waals surface area contributed by atoms with Gasteiger partial charge in [0, 0.05) is 12.6 Å². The van der Waals surface area contributed by atoms with Crippen molar-refractivity contribution in [1.29, 1.82) is 0 Å². The number of ether oxygens (including phenoxy) is 1. The van der Waals surface area contributed by atoms with Crippen molar-refractivity contribution in [2.24, 2.45) is 5.73 Å². The van der Waals surface area contributed by atoms with Gasteiger partial charge < -0.3 is 15.8 Å². The van der Waals surface area contributed by atoms with Crippen LogP contribution >= 0.6 is 0 Å². The number of hydrogen-bond acceptors (Lipinski definition) is 3. The maximum atomic E-state index is 11.9. The molecule has 110 valence electrons. The minimum Gasteiger partial charge on any atom is -0.484 e. The second-order valence-electron chi connectivity index (χ2n) is 4.79. The quantitative estimate of drug-likeness (QED) is 0.814. The van der Waals surface area contributed by atoms with Crippen molar-refractivity contribution in [3.8, 4) is 5.75 Å². The van der Waals surface area contributed by atoms with E-state index in [0.29, 0.717) is 18.7 Å². The van der Waals surface area contributed by atoms with Gasteiger partial charge in [-0.25, -0.2) is 0 Å². The Balaban J connectivity index is 1.80. The van der Waals surface area contributed by atoms with Gasteiger partial charge in [-0.2, -0.15) is 0 Å². The molecule has 0 saturated carbocycles. The van der Waals surface area contributed by atoms with Crippen molar-refractivity contribution in [2.45, 2.75) is 12.5 Å². The van der Waals surface area contributed by atoms with Crippen LogP contribution in [0.2, 0.25) is 0 Å². The van der Waals surface area contributed by atoms with Gasteiger partial charge in [0.2, 0.25) is 0 Å². The average Bonchev–Trinajstić information content (AvgIpc) is 2.54. The molecular weight excluding hydrogens is 264 g/mol. The first kappa shape index (κ1) is 15.1. The van der Waals surface area contributed by atoms with Gasteiger partial charge in [0.15, 0.2) is 6.61 Å². The standard InChI is InChI=1S/C17H20N2O2/c18-12-15(11-14-7-3-1-4-8-14)19-17(20)13-21-16-9-5-2-6-10-16/h1-10,15H,11-13,18H2,(H,19,20). The molecule has 2 rings (SSSR count). The first-order valence-electron chi connectivity index (χ1n) is 6.99. The molecule has 2 aromatic rings. The van der Waals surface area contributed by atoms with Crippen LogP contribution in [0, 0.1) is 0 Å². The third-order valence-corrected chi connectivity index (χ3v) is 3.09. The van der Waals surface area contributed by atoms with E-state index in [-0.39, 0.29) is 18.6 Å². The minimum absolute atomic E-state index is 0.00466. The molecule has 0 radical (unpaired) electrons. The van der Waals surface area contributed by atoms with Crippen LogP contribution in [0.3, 0.4) is 0 Å². The lowest BCUT2D eigenvalue weighted by Gasteiger charge is -2.17. The summed E-state index contributed by atoms with van der Waals surface area (Å²) in [6.45, 7) is 0.390. The molecule has 0 aliphatic rings. The number of benzene rings is 2. The first-order chi connectivity index (χ1) is 10.3. The highest BCUT2D eigenvalue weighted by molar-refractivity contribution is 5.77. The Labute approximate surface area is 124 Å². The van der Waals surface area contributed by atoms with E-state index >= 15 is 0 Å². The molecule has 1 unspecified atom stereocenters. The summed E-state index contributed by atoms with van der Waals surface area (Å²) < 4.78 is 5.41. The highest BCUT2D eigenvalue weighted by atomic mass is 16.5. The molecule has 21 heavy (non-hydrogen) atoms. The Bertz CT molecular complexity index is 543. The summed E-state index contributed by atoms with van der Waals surface area (Å²) in [5.74, 6) is 0.519. The van der Waals surface area contributed by atoms with Crippen LogP contribution in [0.4, 0.5) is 0 Å². The zero-order valence-electron chi connectivity index (χ0n) is 11.9. The normalized spacial score (nSPS) is 11.7. The molecule has 0 heterocycles. The number of carbonyl (C=O) groups excluding carboxylic acids is 1. The van der Waals surface area contributed by atoms with E-state index < -0.39 is 0 Å². The number of nitrogens with two attached hydrogens (primary N) is 1. The van der Waals surface area contributed by atoms with E-state index in [1.165, 1.54) is 0 Å². The Hall–Kier alpha value is -2.33. The van der Waals surface area contributed by atoms with Crippen LogP contribution in [0.15, 0.2) is 60.7 Å². The average molecular weight is 284 g/mol. The van der Waals surface area contributed by atoms with Crippen molar-refractivity contribution in [3.63, 3.8) is 0 Å². The summed E-state index contributed by atoms with van der Waals surface area (Å²) >= 11 is 0. The molecule has 0 spiro atoms. The number of amides is 1. The number of rotatable bonds is 7. The molecular formula is C17H20N2O2. The predicted molar refractivity (Wildman–Crippen MR) is 83.1 cm³/mol. The number of para-hydroxylation sites is 1. The maximum absolute atomic E-state index is 11.9. The predicted octanol–water partition coefficient (Wildman–Crippen LogP) is 1.75. The largest absolute Gasteiger partial charge is 0.484 e. The highest BCUT2D eigenvalue weighted by Gasteiger charge is 2.11. The molecule has 1 atom stereocenters. The van der Waals surface area contributed by atoms with Crippen LogP contribution in [0.5, 0.6) is 5.75 Å². The molecule has 3 N–H and O–H groups in total. The fourth-order valence-electron chi connectivity index (χ4n) is 2.03. The van der Waals surface area contributed by atoms with Gasteiger partial charge >= 0.3 is 0 Å². The molecule has 0 aliphatic carbocycles. The van der Waals surface area contributed by atoms with Crippen molar-refractivity contribution in [1.82, 2.24) is 5.32 Å². The molecule has 0 bridgehead atoms. The van der Waals surface area contributed by atoms with Gasteiger partial charge in [-0.3, -0.25) is 4.79 Å². The zero-order valence-corrected chi connectivity index (χ0v) is 11.9. The lowest BCUT2D eigenvalue weighted by molar-refractivity contribution is -0.123. The number of hydrogen-bond donors (Lipinski definition) is 2. The van der Waals surface area contributed by atoms with Crippen LogP contribution in [0.1, 0.15) is 5.56 Å². The molecule has 4 heteroatoms. The smallest absolute Gasteiger partial charge is 0.258 e. The van der Waals surface area contributed by atoms with Gasteiger partial charge in [0.05, 0.1) is 0 Å². The zero-order chi connectivity index (χ0) is 14.9. The Kier molecular flexibility index (Phi) is 5.79. The molecule has 4 nitrogen and oxygen atoms in total. The van der Waals surface area contributed by atoms with Crippen molar-refractivity contribution in [2.75, 3.05) is 13.2 Å². The molecule has 0 aliphatic heterocycles. The van der Waals surface area contributed by atoms with Crippen molar-refractivity contribution in [3.05, 3.63) is 66.2 Å². The van der Waals surface area contributed by atoms with Crippen molar-refractivity contribution >= 4 is 5.91 Å². The fourth-order valence-corrected chi connectivity index (χ4v) is 2.03. The Morgan fingerprint density at radius 2 is 1.67 bits per heavy atom. The molecule has 2 aromatic carbocycles. The van der Waals surface area contributed by atoms with Crippen LogP contribution in [-0.2, 0) is 11.2 Å². The maximum Gasteiger partial charge on any atom is 0.258 e. The Morgan fingerprint density at radius 3 is 2.29 bits per heavy atom. The second kappa shape index (κ2) is 8.07. The lowest BCUT2D eigenvalue weighted by Crippen LogP contribution is -2.43. The summed E-state index contributed by atoms with van der Waals surface area (Å²) in [5.41, 5.74) is 6.87. The monoisotopic (exact) mass is 284 g/mol. The van der Waals surface area contributed by atoms with Gasteiger partial charge in [-0.05, 0) is 24.1 Å². The Morgan fingerprint density at radius 1 is 1.05 bits per heavy atom. The topological polar surface area (TPSA) is 64.3 Å². The fraction of sp³-hybridized carbons (Fsp3) is 0.235. The van der Waals surface area contributed by atoms with Crippen molar-refractivity contribution < 1.29 is 9.53 Å². The second-order valence-corrected chi connectivity index (χ2v) is 4.79. The third kappa shape index (κ3) is 5.28. The number of nitrogens with one attached hydrogen (secondary N) is 1. The van der Waals surface area contributed by atoms with Crippen LogP contribution in [0.25, 0.3) is 0 Å². The molecule has 0 saturated heterocycles. The van der Waals surface area contributed by atoms with Crippen LogP contribution < -0.4 is 15.8 Å². The van der Waals surface area contributed by atoms with Gasteiger partial charge in [0.25, 0.3) is 5.91 Å². The van der Waals surface area contributed by atoms with Gasteiger partial charge in [0.1, 0.15) is 5.75 Å². The summed E-state index contributed by atoms with van der Waals surface area (Å²) in [6, 6.07) is 19.1. The lowest BCUT2D eigenvalue weighted by atomic mass is 10.1. The molecule has 0 aromatic heterocycles. The van der Waals surface area contributed by atoms with Gasteiger partial charge in [-0.15, -0.1) is 0 Å². The first-order valence-corrected chi connectivity index (χ1v) is 6.99.